The highest BCUT2D eigenvalue weighted by Gasteiger charge is 2.42. The highest BCUT2D eigenvalue weighted by molar-refractivity contribution is 5.91. The molecule has 2 aromatic heterocycles. The van der Waals surface area contributed by atoms with Gasteiger partial charge in [-0.3, -0.25) is 24.5 Å². The summed E-state index contributed by atoms with van der Waals surface area (Å²) < 4.78 is 7.64. The summed E-state index contributed by atoms with van der Waals surface area (Å²) in [4.78, 5) is 38.1. The summed E-state index contributed by atoms with van der Waals surface area (Å²) in [5.41, 5.74) is 8.83. The first-order valence-corrected chi connectivity index (χ1v) is 8.84. The van der Waals surface area contributed by atoms with Crippen LogP contribution in [0.15, 0.2) is 16.2 Å². The number of aromatic nitrogens is 4. The molecule has 0 saturated carbocycles. The van der Waals surface area contributed by atoms with E-state index in [9.17, 15) is 9.59 Å². The van der Waals surface area contributed by atoms with Gasteiger partial charge in [-0.1, -0.05) is 32.8 Å². The number of aromatic amines is 1. The molecule has 4 atom stereocenters. The lowest BCUT2D eigenvalue weighted by molar-refractivity contribution is -0.118. The molecule has 0 aliphatic carbocycles. The minimum atomic E-state index is -0.631. The van der Waals surface area contributed by atoms with Gasteiger partial charge in [-0.05, 0) is 17.9 Å². The maximum atomic E-state index is 12.3. The SMILES string of the molecule is CC[C@H]1O[C@@H](n2cnc3c(=O)[nH]c(NC(=O)C(C)C)nc32)[C@H](N=[N+]=[N-])[C@H]1C. The van der Waals surface area contributed by atoms with Crippen molar-refractivity contribution in [1.29, 1.82) is 0 Å². The quantitative estimate of drug-likeness (QED) is 0.467. The number of nitrogens with zero attached hydrogens (tertiary/aromatic N) is 6. The van der Waals surface area contributed by atoms with Gasteiger partial charge in [-0.15, -0.1) is 0 Å². The standard InChI is InChI=1S/C16H22N8O3/c1-5-9-8(4)10(22-23-17)15(27-9)24-6-18-11-12(24)19-16(21-14(11)26)20-13(25)7(2)3/h6-10,15H,5H2,1-4H3,(H2,19,20,21,25,26)/t8-,9+,10+,15+/m0/s1. The van der Waals surface area contributed by atoms with E-state index < -0.39 is 17.8 Å². The maximum Gasteiger partial charge on any atom is 0.280 e. The summed E-state index contributed by atoms with van der Waals surface area (Å²) in [5.74, 6) is -0.510. The number of rotatable bonds is 5. The van der Waals surface area contributed by atoms with Gasteiger partial charge in [0.25, 0.3) is 5.56 Å². The van der Waals surface area contributed by atoms with Crippen LogP contribution in [0.4, 0.5) is 5.95 Å². The van der Waals surface area contributed by atoms with Crippen molar-refractivity contribution in [3.8, 4) is 0 Å². The summed E-state index contributed by atoms with van der Waals surface area (Å²) in [6.45, 7) is 7.42. The first-order valence-electron chi connectivity index (χ1n) is 8.84. The summed E-state index contributed by atoms with van der Waals surface area (Å²) in [7, 11) is 0. The number of imidazole rings is 1. The average molecular weight is 374 g/mol. The average Bonchev–Trinajstić information content (AvgIpc) is 3.17. The number of H-pyrrole nitrogens is 1. The van der Waals surface area contributed by atoms with Gasteiger partial charge in [0.15, 0.2) is 11.2 Å². The molecule has 3 heterocycles. The summed E-state index contributed by atoms with van der Waals surface area (Å²) in [5, 5.41) is 6.46. The molecule has 144 valence electrons. The topological polar surface area (TPSA) is 151 Å². The van der Waals surface area contributed by atoms with Crippen LogP contribution in [-0.2, 0) is 9.53 Å². The normalized spacial score (nSPS) is 24.9. The van der Waals surface area contributed by atoms with E-state index in [0.717, 1.165) is 6.42 Å². The number of fused-ring (bicyclic) bond motifs is 1. The molecule has 1 aliphatic heterocycles. The van der Waals surface area contributed by atoms with E-state index >= 15 is 0 Å². The van der Waals surface area contributed by atoms with Gasteiger partial charge in [0.2, 0.25) is 11.9 Å². The molecule has 0 aromatic carbocycles. The lowest BCUT2D eigenvalue weighted by atomic mass is 9.97. The van der Waals surface area contributed by atoms with Crippen molar-refractivity contribution in [3.05, 3.63) is 27.1 Å². The fourth-order valence-electron chi connectivity index (χ4n) is 3.22. The van der Waals surface area contributed by atoms with E-state index in [1.165, 1.54) is 6.33 Å². The Morgan fingerprint density at radius 1 is 1.56 bits per heavy atom. The Morgan fingerprint density at radius 3 is 2.93 bits per heavy atom. The zero-order valence-corrected chi connectivity index (χ0v) is 15.6. The smallest absolute Gasteiger partial charge is 0.280 e. The summed E-state index contributed by atoms with van der Waals surface area (Å²) in [6, 6.07) is -0.466. The van der Waals surface area contributed by atoms with Crippen molar-refractivity contribution in [1.82, 2.24) is 19.5 Å². The molecule has 3 rings (SSSR count). The molecule has 0 bridgehead atoms. The number of carbonyl (C=O) groups is 1. The second-order valence-corrected chi connectivity index (χ2v) is 6.91. The molecule has 2 aromatic rings. The van der Waals surface area contributed by atoms with Crippen molar-refractivity contribution in [2.75, 3.05) is 5.32 Å². The molecule has 11 heteroatoms. The number of nitrogens with one attached hydrogen (secondary N) is 2. The number of anilines is 1. The van der Waals surface area contributed by atoms with Crippen molar-refractivity contribution >= 4 is 23.0 Å². The van der Waals surface area contributed by atoms with Crippen LogP contribution in [0, 0.1) is 11.8 Å². The largest absolute Gasteiger partial charge is 0.354 e. The molecule has 0 spiro atoms. The number of azide groups is 1. The van der Waals surface area contributed by atoms with Gasteiger partial charge < -0.3 is 4.74 Å². The monoisotopic (exact) mass is 374 g/mol. The minimum Gasteiger partial charge on any atom is -0.354 e. The van der Waals surface area contributed by atoms with E-state index in [0.29, 0.717) is 0 Å². The predicted molar refractivity (Wildman–Crippen MR) is 97.9 cm³/mol. The molecular formula is C16H22N8O3. The van der Waals surface area contributed by atoms with Crippen molar-refractivity contribution in [2.24, 2.45) is 17.0 Å². The number of hydrogen-bond acceptors (Lipinski definition) is 6. The lowest BCUT2D eigenvalue weighted by Crippen LogP contribution is -2.24. The Kier molecular flexibility index (Phi) is 5.15. The second kappa shape index (κ2) is 7.37. The highest BCUT2D eigenvalue weighted by atomic mass is 16.5. The Hall–Kier alpha value is -2.91. The van der Waals surface area contributed by atoms with Crippen LogP contribution in [0.5, 0.6) is 0 Å². The Balaban J connectivity index is 2.06. The van der Waals surface area contributed by atoms with E-state index in [4.69, 9.17) is 10.3 Å². The Labute approximate surface area is 154 Å². The minimum absolute atomic E-state index is 0.00420. The molecule has 2 N–H and O–H groups in total. The van der Waals surface area contributed by atoms with Crippen molar-refractivity contribution in [2.45, 2.75) is 52.5 Å². The first kappa shape index (κ1) is 18.9. The van der Waals surface area contributed by atoms with Crippen LogP contribution >= 0.6 is 0 Å². The van der Waals surface area contributed by atoms with Crippen LogP contribution in [-0.4, -0.2) is 37.6 Å². The summed E-state index contributed by atoms with van der Waals surface area (Å²) >= 11 is 0. The summed E-state index contributed by atoms with van der Waals surface area (Å²) in [6.07, 6.45) is 1.47. The zero-order chi connectivity index (χ0) is 19.7. The van der Waals surface area contributed by atoms with Crippen molar-refractivity contribution in [3.63, 3.8) is 0 Å². The fourth-order valence-corrected chi connectivity index (χ4v) is 3.22. The van der Waals surface area contributed by atoms with Crippen LogP contribution in [0.3, 0.4) is 0 Å². The van der Waals surface area contributed by atoms with Gasteiger partial charge in [0.1, 0.15) is 6.23 Å². The van der Waals surface area contributed by atoms with Gasteiger partial charge in [-0.2, -0.15) is 4.98 Å². The number of amides is 1. The van der Waals surface area contributed by atoms with Crippen LogP contribution in [0.25, 0.3) is 21.6 Å². The number of ether oxygens (including phenoxy) is 1. The van der Waals surface area contributed by atoms with Crippen LogP contribution < -0.4 is 10.9 Å². The van der Waals surface area contributed by atoms with E-state index in [-0.39, 0.29) is 41.0 Å². The predicted octanol–water partition coefficient (Wildman–Crippen LogP) is 2.34. The third-order valence-electron chi connectivity index (χ3n) is 4.79. The molecule has 1 amide bonds. The molecule has 1 aliphatic rings. The van der Waals surface area contributed by atoms with Gasteiger partial charge in [0.05, 0.1) is 18.5 Å². The molecule has 27 heavy (non-hydrogen) atoms. The van der Waals surface area contributed by atoms with Crippen LogP contribution in [0.1, 0.15) is 40.3 Å². The maximum absolute atomic E-state index is 12.3. The Morgan fingerprint density at radius 2 is 2.30 bits per heavy atom. The van der Waals surface area contributed by atoms with Gasteiger partial charge in [-0.25, -0.2) is 4.98 Å². The third kappa shape index (κ3) is 3.38. The molecule has 0 unspecified atom stereocenters. The number of carbonyl (C=O) groups excluding carboxylic acids is 1. The van der Waals surface area contributed by atoms with E-state index in [1.54, 1.807) is 18.4 Å². The number of hydrogen-bond donors (Lipinski definition) is 2. The third-order valence-corrected chi connectivity index (χ3v) is 4.79. The van der Waals surface area contributed by atoms with Crippen molar-refractivity contribution < 1.29 is 9.53 Å². The Bertz CT molecular complexity index is 958. The molecular weight excluding hydrogens is 352 g/mol. The zero-order valence-electron chi connectivity index (χ0n) is 15.6. The molecule has 1 fully saturated rings. The van der Waals surface area contributed by atoms with Gasteiger partial charge >= 0.3 is 0 Å². The van der Waals surface area contributed by atoms with Crippen LogP contribution in [0.2, 0.25) is 0 Å². The van der Waals surface area contributed by atoms with Gasteiger partial charge in [0, 0.05) is 10.8 Å². The first-order chi connectivity index (χ1) is 12.9. The highest BCUT2D eigenvalue weighted by Crippen LogP contribution is 2.38. The molecule has 0 radical (unpaired) electrons. The lowest BCUT2D eigenvalue weighted by Gasteiger charge is -2.17. The fraction of sp³-hybridized carbons (Fsp3) is 0.625. The van der Waals surface area contributed by atoms with E-state index in [2.05, 4.69) is 30.3 Å². The second-order valence-electron chi connectivity index (χ2n) is 6.91. The molecule has 1 saturated heterocycles. The molecule has 11 nitrogen and oxygen atoms in total. The van der Waals surface area contributed by atoms with E-state index in [1.807, 2.05) is 13.8 Å².